The highest BCUT2D eigenvalue weighted by molar-refractivity contribution is 5.55. The maximum absolute atomic E-state index is 5.40. The molecule has 7 nitrogen and oxygen atoms in total. The zero-order valence-electron chi connectivity index (χ0n) is 14.1. The van der Waals surface area contributed by atoms with Gasteiger partial charge in [0.25, 0.3) is 5.95 Å². The van der Waals surface area contributed by atoms with Crippen LogP contribution < -0.4 is 4.90 Å². The molecule has 3 heterocycles. The van der Waals surface area contributed by atoms with E-state index in [-0.39, 0.29) is 5.41 Å². The van der Waals surface area contributed by atoms with Crippen LogP contribution >= 0.6 is 0 Å². The normalized spacial score (nSPS) is 14.7. The Morgan fingerprint density at radius 1 is 1.04 bits per heavy atom. The zero-order chi connectivity index (χ0) is 16.7. The number of rotatable bonds is 2. The van der Waals surface area contributed by atoms with Crippen LogP contribution in [-0.4, -0.2) is 31.4 Å². The molecular weight excluding hydrogens is 304 g/mol. The molecule has 124 valence electrons. The van der Waals surface area contributed by atoms with Gasteiger partial charge < -0.3 is 14.0 Å². The van der Waals surface area contributed by atoms with Gasteiger partial charge in [-0.2, -0.15) is 4.98 Å². The fourth-order valence-electron chi connectivity index (χ4n) is 2.78. The standard InChI is InChI=1S/C17H20N6O/c1-17(2,3)15-18-16(21-24-15)22-9-10-23-13(11-22)19-20-14(23)12-7-5-4-6-8-12/h4-8H,9-11H2,1-3H3. The molecule has 0 radical (unpaired) electrons. The molecule has 0 unspecified atom stereocenters. The van der Waals surface area contributed by atoms with Crippen LogP contribution in [0.2, 0.25) is 0 Å². The van der Waals surface area contributed by atoms with Crippen LogP contribution in [0.15, 0.2) is 34.9 Å². The third kappa shape index (κ3) is 2.55. The highest BCUT2D eigenvalue weighted by atomic mass is 16.5. The molecule has 0 aliphatic carbocycles. The number of benzene rings is 1. The Hall–Kier alpha value is -2.70. The van der Waals surface area contributed by atoms with Gasteiger partial charge in [0.15, 0.2) is 11.6 Å². The average Bonchev–Trinajstić information content (AvgIpc) is 3.22. The summed E-state index contributed by atoms with van der Waals surface area (Å²) in [4.78, 5) is 6.61. The van der Waals surface area contributed by atoms with Crippen LogP contribution in [0.25, 0.3) is 11.4 Å². The lowest BCUT2D eigenvalue weighted by Crippen LogP contribution is -2.34. The molecule has 0 bridgehead atoms. The summed E-state index contributed by atoms with van der Waals surface area (Å²) in [6.45, 7) is 8.40. The van der Waals surface area contributed by atoms with E-state index >= 15 is 0 Å². The van der Waals surface area contributed by atoms with Crippen LogP contribution in [0.1, 0.15) is 32.5 Å². The van der Waals surface area contributed by atoms with Gasteiger partial charge in [-0.15, -0.1) is 10.2 Å². The van der Waals surface area contributed by atoms with Crippen molar-refractivity contribution in [3.05, 3.63) is 42.0 Å². The topological polar surface area (TPSA) is 72.9 Å². The van der Waals surface area contributed by atoms with Gasteiger partial charge in [0.1, 0.15) is 0 Å². The Balaban J connectivity index is 1.59. The first-order valence-electron chi connectivity index (χ1n) is 8.09. The smallest absolute Gasteiger partial charge is 0.266 e. The number of anilines is 1. The first-order valence-corrected chi connectivity index (χ1v) is 8.09. The molecule has 1 aliphatic rings. The molecule has 1 aromatic carbocycles. The minimum Gasteiger partial charge on any atom is -0.337 e. The Kier molecular flexibility index (Phi) is 3.37. The van der Waals surface area contributed by atoms with Crippen molar-refractivity contribution >= 4 is 5.95 Å². The van der Waals surface area contributed by atoms with E-state index in [9.17, 15) is 0 Å². The minimum atomic E-state index is -0.151. The van der Waals surface area contributed by atoms with Crippen LogP contribution in [0.5, 0.6) is 0 Å². The van der Waals surface area contributed by atoms with E-state index in [1.165, 1.54) is 0 Å². The molecule has 0 spiro atoms. The molecule has 0 fully saturated rings. The van der Waals surface area contributed by atoms with Crippen molar-refractivity contribution in [3.63, 3.8) is 0 Å². The SMILES string of the molecule is CC(C)(C)c1nc(N2CCn3c(nnc3-c3ccccc3)C2)no1. The van der Waals surface area contributed by atoms with E-state index in [0.717, 1.165) is 30.3 Å². The molecule has 4 rings (SSSR count). The number of aromatic nitrogens is 5. The summed E-state index contributed by atoms with van der Waals surface area (Å²) in [5.41, 5.74) is 0.931. The highest BCUT2D eigenvalue weighted by Gasteiger charge is 2.27. The summed E-state index contributed by atoms with van der Waals surface area (Å²) < 4.78 is 7.56. The molecule has 1 aliphatic heterocycles. The quantitative estimate of drug-likeness (QED) is 0.721. The van der Waals surface area contributed by atoms with E-state index in [1.807, 2.05) is 18.2 Å². The van der Waals surface area contributed by atoms with Gasteiger partial charge in [-0.1, -0.05) is 51.1 Å². The second kappa shape index (κ2) is 5.43. The number of hydrogen-bond donors (Lipinski definition) is 0. The molecule has 3 aromatic rings. The maximum atomic E-state index is 5.40. The Labute approximate surface area is 140 Å². The first kappa shape index (κ1) is 14.9. The van der Waals surface area contributed by atoms with Gasteiger partial charge >= 0.3 is 0 Å². The van der Waals surface area contributed by atoms with Crippen molar-refractivity contribution < 1.29 is 4.52 Å². The molecule has 7 heteroatoms. The average molecular weight is 324 g/mol. The first-order chi connectivity index (χ1) is 11.5. The van der Waals surface area contributed by atoms with Crippen molar-refractivity contribution in [2.75, 3.05) is 11.4 Å². The molecule has 24 heavy (non-hydrogen) atoms. The van der Waals surface area contributed by atoms with E-state index in [0.29, 0.717) is 18.4 Å². The van der Waals surface area contributed by atoms with E-state index < -0.39 is 0 Å². The van der Waals surface area contributed by atoms with Gasteiger partial charge in [-0.3, -0.25) is 0 Å². The van der Waals surface area contributed by atoms with Gasteiger partial charge in [-0.25, -0.2) is 0 Å². The predicted molar refractivity (Wildman–Crippen MR) is 89.5 cm³/mol. The van der Waals surface area contributed by atoms with Gasteiger partial charge in [0.05, 0.1) is 6.54 Å². The summed E-state index contributed by atoms with van der Waals surface area (Å²) >= 11 is 0. The second-order valence-electron chi connectivity index (χ2n) is 7.03. The van der Waals surface area contributed by atoms with E-state index in [4.69, 9.17) is 4.52 Å². The van der Waals surface area contributed by atoms with Crippen molar-refractivity contribution in [1.29, 1.82) is 0 Å². The molecule has 0 atom stereocenters. The molecule has 2 aromatic heterocycles. The maximum Gasteiger partial charge on any atom is 0.266 e. The van der Waals surface area contributed by atoms with Crippen molar-refractivity contribution in [1.82, 2.24) is 24.9 Å². The Morgan fingerprint density at radius 3 is 2.54 bits per heavy atom. The summed E-state index contributed by atoms with van der Waals surface area (Å²) in [7, 11) is 0. The number of fused-ring (bicyclic) bond motifs is 1. The Morgan fingerprint density at radius 2 is 1.83 bits per heavy atom. The van der Waals surface area contributed by atoms with E-state index in [1.54, 1.807) is 0 Å². The third-order valence-electron chi connectivity index (χ3n) is 4.12. The van der Waals surface area contributed by atoms with Crippen molar-refractivity contribution in [2.24, 2.45) is 0 Å². The van der Waals surface area contributed by atoms with Crippen LogP contribution in [-0.2, 0) is 18.5 Å². The third-order valence-corrected chi connectivity index (χ3v) is 4.12. The summed E-state index contributed by atoms with van der Waals surface area (Å²) in [5.74, 6) is 3.10. The van der Waals surface area contributed by atoms with E-state index in [2.05, 4.69) is 62.7 Å². The molecular formula is C17H20N6O. The lowest BCUT2D eigenvalue weighted by atomic mass is 9.97. The van der Waals surface area contributed by atoms with Crippen LogP contribution in [0.4, 0.5) is 5.95 Å². The largest absolute Gasteiger partial charge is 0.337 e. The highest BCUT2D eigenvalue weighted by Crippen LogP contribution is 2.26. The van der Waals surface area contributed by atoms with Crippen molar-refractivity contribution in [2.45, 2.75) is 39.3 Å². The van der Waals surface area contributed by atoms with Crippen molar-refractivity contribution in [3.8, 4) is 11.4 Å². The molecule has 0 amide bonds. The van der Waals surface area contributed by atoms with Gasteiger partial charge in [0.2, 0.25) is 5.89 Å². The number of nitrogens with zero attached hydrogens (tertiary/aromatic N) is 6. The van der Waals surface area contributed by atoms with Crippen LogP contribution in [0, 0.1) is 0 Å². The fourth-order valence-corrected chi connectivity index (χ4v) is 2.78. The van der Waals surface area contributed by atoms with Crippen LogP contribution in [0.3, 0.4) is 0 Å². The lowest BCUT2D eigenvalue weighted by molar-refractivity contribution is 0.320. The zero-order valence-corrected chi connectivity index (χ0v) is 14.1. The minimum absolute atomic E-state index is 0.151. The molecule has 0 saturated heterocycles. The van der Waals surface area contributed by atoms with Gasteiger partial charge in [0, 0.05) is 24.1 Å². The van der Waals surface area contributed by atoms with Gasteiger partial charge in [-0.05, 0) is 5.16 Å². The monoisotopic (exact) mass is 324 g/mol. The fraction of sp³-hybridized carbons (Fsp3) is 0.412. The summed E-state index contributed by atoms with van der Waals surface area (Å²) in [5, 5.41) is 12.8. The lowest BCUT2D eigenvalue weighted by Gasteiger charge is -2.26. The molecule has 0 saturated carbocycles. The predicted octanol–water partition coefficient (Wildman–Crippen LogP) is 2.65. The Bertz CT molecular complexity index is 846. The number of hydrogen-bond acceptors (Lipinski definition) is 6. The second-order valence-corrected chi connectivity index (χ2v) is 7.03. The molecule has 0 N–H and O–H groups in total. The summed E-state index contributed by atoms with van der Waals surface area (Å²) in [6, 6.07) is 10.1. The summed E-state index contributed by atoms with van der Waals surface area (Å²) in [6.07, 6.45) is 0.